The molecule has 0 spiro atoms. The lowest BCUT2D eigenvalue weighted by molar-refractivity contribution is -0.172. The lowest BCUT2D eigenvalue weighted by Gasteiger charge is -2.36. The Balaban J connectivity index is 1.68. The van der Waals surface area contributed by atoms with Crippen molar-refractivity contribution >= 4 is 23.0 Å². The number of imidazole rings is 1. The van der Waals surface area contributed by atoms with Gasteiger partial charge in [-0.05, 0) is 33.6 Å². The van der Waals surface area contributed by atoms with Crippen LogP contribution in [-0.4, -0.2) is 48.9 Å². The van der Waals surface area contributed by atoms with E-state index >= 15 is 4.39 Å². The van der Waals surface area contributed by atoms with Gasteiger partial charge < -0.3 is 14.8 Å². The van der Waals surface area contributed by atoms with E-state index in [1.807, 2.05) is 0 Å². The summed E-state index contributed by atoms with van der Waals surface area (Å²) in [4.78, 5) is 24.7. The molecule has 2 fully saturated rings. The topological polar surface area (TPSA) is 91.2 Å². The number of fused-ring (bicyclic) bond motifs is 1. The largest absolute Gasteiger partial charge is 0.453 e. The summed E-state index contributed by atoms with van der Waals surface area (Å²) in [5.74, 6) is 0.0965. The molecule has 4 atom stereocenters. The number of rotatable bonds is 4. The quantitative estimate of drug-likeness (QED) is 0.778. The van der Waals surface area contributed by atoms with Gasteiger partial charge in [-0.1, -0.05) is 19.3 Å². The van der Waals surface area contributed by atoms with Gasteiger partial charge in [-0.2, -0.15) is 0 Å². The monoisotopic (exact) mass is 405 g/mol. The minimum Gasteiger partial charge on any atom is -0.453 e. The van der Waals surface area contributed by atoms with Crippen molar-refractivity contribution in [3.63, 3.8) is 0 Å². The van der Waals surface area contributed by atoms with Gasteiger partial charge in [-0.25, -0.2) is 19.3 Å². The highest BCUT2D eigenvalue weighted by atomic mass is 19.1. The van der Waals surface area contributed by atoms with Crippen molar-refractivity contribution in [2.45, 2.75) is 89.4 Å². The van der Waals surface area contributed by atoms with Crippen LogP contribution in [0.4, 0.5) is 10.2 Å². The van der Waals surface area contributed by atoms with E-state index in [2.05, 4.69) is 20.3 Å². The maximum absolute atomic E-state index is 16.0. The number of nitrogens with one attached hydrogen (secondary N) is 1. The van der Waals surface area contributed by atoms with Crippen LogP contribution in [0, 0.1) is 0 Å². The van der Waals surface area contributed by atoms with E-state index in [0.29, 0.717) is 23.0 Å². The minimum absolute atomic E-state index is 0.355. The first-order valence-electron chi connectivity index (χ1n) is 10.2. The number of hydrogen-bond donors (Lipinski definition) is 1. The molecule has 0 amide bonds. The molecule has 1 saturated heterocycles. The Hall–Kier alpha value is -2.29. The summed E-state index contributed by atoms with van der Waals surface area (Å²) in [5, 5.41) is 3.47. The van der Waals surface area contributed by atoms with Crippen molar-refractivity contribution in [3.05, 3.63) is 12.7 Å². The van der Waals surface area contributed by atoms with Crippen molar-refractivity contribution in [2.75, 3.05) is 5.32 Å². The summed E-state index contributed by atoms with van der Waals surface area (Å²) in [6.45, 7) is 5.91. The Kier molecular flexibility index (Phi) is 4.96. The first-order chi connectivity index (χ1) is 13.7. The molecule has 1 saturated carbocycles. The molecule has 2 aliphatic rings. The van der Waals surface area contributed by atoms with Crippen molar-refractivity contribution in [1.29, 1.82) is 0 Å². The Morgan fingerprint density at radius 2 is 2.00 bits per heavy atom. The lowest BCUT2D eigenvalue weighted by atomic mass is 9.84. The number of carbonyl (C=O) groups excluding carboxylic acids is 1. The molecular weight excluding hydrogens is 377 g/mol. The number of ether oxygens (including phenoxy) is 2. The second kappa shape index (κ2) is 7.19. The molecule has 1 N–H and O–H groups in total. The summed E-state index contributed by atoms with van der Waals surface area (Å²) in [6, 6.07) is 0.355. The average Bonchev–Trinajstić information content (AvgIpc) is 3.16. The number of anilines is 1. The van der Waals surface area contributed by atoms with Gasteiger partial charge in [0.1, 0.15) is 12.4 Å². The molecule has 8 nitrogen and oxygen atoms in total. The Morgan fingerprint density at radius 1 is 1.28 bits per heavy atom. The van der Waals surface area contributed by atoms with E-state index < -0.39 is 29.6 Å². The molecular formula is C20H28FN5O3. The number of alkyl halides is 1. The third-order valence-electron chi connectivity index (χ3n) is 6.46. The van der Waals surface area contributed by atoms with Gasteiger partial charge in [0.2, 0.25) is 0 Å². The fraction of sp³-hybridized carbons (Fsp3) is 0.700. The van der Waals surface area contributed by atoms with Gasteiger partial charge >= 0.3 is 5.97 Å². The van der Waals surface area contributed by atoms with Crippen LogP contribution in [0.3, 0.4) is 0 Å². The zero-order chi connectivity index (χ0) is 20.8. The molecule has 0 radical (unpaired) electrons. The summed E-state index contributed by atoms with van der Waals surface area (Å²) in [6.07, 6.45) is 7.13. The smallest absolute Gasteiger partial charge is 0.303 e. The molecule has 1 aliphatic carbocycles. The van der Waals surface area contributed by atoms with Crippen LogP contribution < -0.4 is 5.32 Å². The predicted molar refractivity (Wildman–Crippen MR) is 105 cm³/mol. The number of aromatic nitrogens is 4. The molecule has 1 aliphatic heterocycles. The highest BCUT2D eigenvalue weighted by molar-refractivity contribution is 5.82. The average molecular weight is 405 g/mol. The number of nitrogens with zero attached hydrogens (tertiary/aromatic N) is 4. The summed E-state index contributed by atoms with van der Waals surface area (Å²) < 4.78 is 28.9. The van der Waals surface area contributed by atoms with Crippen LogP contribution >= 0.6 is 0 Å². The van der Waals surface area contributed by atoms with E-state index in [1.165, 1.54) is 45.8 Å². The number of esters is 1. The van der Waals surface area contributed by atoms with Crippen LogP contribution in [0.5, 0.6) is 0 Å². The van der Waals surface area contributed by atoms with Crippen molar-refractivity contribution < 1.29 is 18.7 Å². The third-order valence-corrected chi connectivity index (χ3v) is 6.46. The van der Waals surface area contributed by atoms with Gasteiger partial charge in [0, 0.05) is 13.0 Å². The minimum atomic E-state index is -1.99. The molecule has 2 aromatic rings. The van der Waals surface area contributed by atoms with Gasteiger partial charge in [0.05, 0.1) is 6.33 Å². The van der Waals surface area contributed by atoms with Crippen LogP contribution in [0.25, 0.3) is 11.2 Å². The van der Waals surface area contributed by atoms with Crippen molar-refractivity contribution in [1.82, 2.24) is 19.5 Å². The van der Waals surface area contributed by atoms with E-state index in [-0.39, 0.29) is 0 Å². The Morgan fingerprint density at radius 3 is 2.69 bits per heavy atom. The maximum Gasteiger partial charge on any atom is 0.303 e. The first-order valence-corrected chi connectivity index (χ1v) is 10.2. The molecule has 2 unspecified atom stereocenters. The second-order valence-electron chi connectivity index (χ2n) is 8.43. The second-order valence-corrected chi connectivity index (χ2v) is 8.43. The van der Waals surface area contributed by atoms with Crippen molar-refractivity contribution in [3.8, 4) is 0 Å². The summed E-state index contributed by atoms with van der Waals surface area (Å²) >= 11 is 0. The normalized spacial score (nSPS) is 33.1. The van der Waals surface area contributed by atoms with Crippen LogP contribution in [0.1, 0.15) is 66.0 Å². The maximum atomic E-state index is 16.0. The molecule has 9 heteroatoms. The van der Waals surface area contributed by atoms with Gasteiger partial charge in [-0.15, -0.1) is 0 Å². The molecule has 158 valence electrons. The summed E-state index contributed by atoms with van der Waals surface area (Å²) in [7, 11) is 0. The highest BCUT2D eigenvalue weighted by Gasteiger charge is 2.65. The van der Waals surface area contributed by atoms with Crippen LogP contribution in [-0.2, 0) is 14.3 Å². The van der Waals surface area contributed by atoms with E-state index in [9.17, 15) is 4.79 Å². The standard InChI is InChI=1S/C20H28FN5O3/c1-12-20(4,29-13(2)27)19(3,21)18(28-12)26-11-24-15-16(22-10-23-17(15)26)25-14-8-6-5-7-9-14/h10-12,14,18H,5-9H2,1-4H3,(H,22,23,25)/t12-,18?,19+,20?/m1/s1. The van der Waals surface area contributed by atoms with E-state index in [0.717, 1.165) is 12.8 Å². The molecule has 2 aromatic heterocycles. The van der Waals surface area contributed by atoms with Crippen LogP contribution in [0.15, 0.2) is 12.7 Å². The fourth-order valence-electron chi connectivity index (χ4n) is 4.47. The van der Waals surface area contributed by atoms with Gasteiger partial charge in [0.15, 0.2) is 34.5 Å². The van der Waals surface area contributed by atoms with E-state index in [4.69, 9.17) is 9.47 Å². The summed E-state index contributed by atoms with van der Waals surface area (Å²) in [5.41, 5.74) is -2.37. The lowest BCUT2D eigenvalue weighted by Crippen LogP contribution is -2.53. The molecule has 4 rings (SSSR count). The van der Waals surface area contributed by atoms with Gasteiger partial charge in [-0.3, -0.25) is 9.36 Å². The van der Waals surface area contributed by atoms with Crippen molar-refractivity contribution in [2.24, 2.45) is 0 Å². The van der Waals surface area contributed by atoms with E-state index in [1.54, 1.807) is 18.4 Å². The third kappa shape index (κ3) is 3.25. The molecule has 0 aromatic carbocycles. The fourth-order valence-corrected chi connectivity index (χ4v) is 4.47. The number of halogens is 1. The highest BCUT2D eigenvalue weighted by Crippen LogP contribution is 2.50. The predicted octanol–water partition coefficient (Wildman–Crippen LogP) is 3.54. The number of hydrogen-bond acceptors (Lipinski definition) is 7. The molecule has 3 heterocycles. The first kappa shape index (κ1) is 20.0. The number of carbonyl (C=O) groups is 1. The SMILES string of the molecule is CC(=O)OC1(C)[C@@H](C)OC(n2cnc3c(NC4CCCCC4)ncnc32)[C@]1(C)F. The molecule has 0 bridgehead atoms. The zero-order valence-corrected chi connectivity index (χ0v) is 17.3. The molecule has 29 heavy (non-hydrogen) atoms. The Bertz CT molecular complexity index is 911. The van der Waals surface area contributed by atoms with Crippen LogP contribution in [0.2, 0.25) is 0 Å². The zero-order valence-electron chi connectivity index (χ0n) is 17.3. The Labute approximate surface area is 169 Å². The van der Waals surface area contributed by atoms with Gasteiger partial charge in [0.25, 0.3) is 0 Å².